The van der Waals surface area contributed by atoms with Gasteiger partial charge in [-0.1, -0.05) is 55.6 Å². The van der Waals surface area contributed by atoms with Crippen molar-refractivity contribution < 1.29 is 9.90 Å². The summed E-state index contributed by atoms with van der Waals surface area (Å²) >= 11 is 5.97. The largest absolute Gasteiger partial charge is 0.480 e. The molecule has 0 amide bonds. The second kappa shape index (κ2) is 7.55. The second-order valence-electron chi connectivity index (χ2n) is 5.75. The number of aliphatic carboxylic acids is 1. The maximum absolute atomic E-state index is 11.1. The highest BCUT2D eigenvalue weighted by molar-refractivity contribution is 6.33. The number of hydrogen-bond acceptors (Lipinski definition) is 3. The maximum atomic E-state index is 11.1. The summed E-state index contributed by atoms with van der Waals surface area (Å²) in [6.45, 7) is 3.59. The Morgan fingerprint density at radius 2 is 1.87 bits per heavy atom. The number of halogens is 1. The molecule has 2 rings (SSSR count). The summed E-state index contributed by atoms with van der Waals surface area (Å²) < 4.78 is 0. The molecule has 1 N–H and O–H groups in total. The Balaban J connectivity index is 2.12. The lowest BCUT2D eigenvalue weighted by Gasteiger charge is -2.15. The van der Waals surface area contributed by atoms with Crippen molar-refractivity contribution in [3.8, 4) is 11.3 Å². The Bertz CT molecular complexity index is 652. The van der Waals surface area contributed by atoms with Gasteiger partial charge in [-0.15, -0.1) is 0 Å². The van der Waals surface area contributed by atoms with Gasteiger partial charge in [-0.3, -0.25) is 9.97 Å². The molecular formula is C18H21ClN2O2. The number of unbranched alkanes of at least 4 members (excludes halogenated alkanes) is 2. The number of hydrogen-bond donors (Lipinski definition) is 1. The molecule has 4 nitrogen and oxygen atoms in total. The number of carboxylic acids is 1. The van der Waals surface area contributed by atoms with Crippen LogP contribution in [0.15, 0.2) is 36.7 Å². The molecule has 0 spiro atoms. The summed E-state index contributed by atoms with van der Waals surface area (Å²) in [5.41, 5.74) is 3.19. The maximum Gasteiger partial charge on any atom is 0.330 e. The van der Waals surface area contributed by atoms with Crippen LogP contribution >= 0.6 is 11.6 Å². The van der Waals surface area contributed by atoms with Gasteiger partial charge in [-0.25, -0.2) is 4.79 Å². The number of aromatic nitrogens is 2. The zero-order valence-corrected chi connectivity index (χ0v) is 14.2. The third-order valence-corrected chi connectivity index (χ3v) is 4.21. The highest BCUT2D eigenvalue weighted by Crippen LogP contribution is 2.27. The third kappa shape index (κ3) is 4.29. The molecule has 0 unspecified atom stereocenters. The van der Waals surface area contributed by atoms with E-state index in [1.165, 1.54) is 37.9 Å². The third-order valence-electron chi connectivity index (χ3n) is 3.85. The fourth-order valence-electron chi connectivity index (χ4n) is 2.25. The molecular weight excluding hydrogens is 312 g/mol. The molecule has 0 fully saturated rings. The average Bonchev–Trinajstić information content (AvgIpc) is 2.56. The Hall–Kier alpha value is -1.94. The van der Waals surface area contributed by atoms with E-state index in [-0.39, 0.29) is 5.69 Å². The monoisotopic (exact) mass is 332 g/mol. The Morgan fingerprint density at radius 3 is 2.39 bits per heavy atom. The van der Waals surface area contributed by atoms with E-state index in [0.29, 0.717) is 5.69 Å². The van der Waals surface area contributed by atoms with Crippen LogP contribution in [0.3, 0.4) is 0 Å². The van der Waals surface area contributed by atoms with Crippen LogP contribution in [-0.4, -0.2) is 21.0 Å². The summed E-state index contributed by atoms with van der Waals surface area (Å²) in [4.78, 5) is 18.0. The van der Waals surface area contributed by atoms with Gasteiger partial charge < -0.3 is 5.11 Å². The zero-order valence-electron chi connectivity index (χ0n) is 13.4. The smallest absolute Gasteiger partial charge is 0.330 e. The van der Waals surface area contributed by atoms with E-state index in [2.05, 4.69) is 29.0 Å². The van der Waals surface area contributed by atoms with Crippen molar-refractivity contribution in [2.75, 3.05) is 0 Å². The highest BCUT2D eigenvalue weighted by Gasteiger charge is 2.34. The van der Waals surface area contributed by atoms with Crippen molar-refractivity contribution in [2.45, 2.75) is 44.4 Å². The summed E-state index contributed by atoms with van der Waals surface area (Å²) in [6, 6.07) is 8.23. The van der Waals surface area contributed by atoms with E-state index in [1.54, 1.807) is 6.20 Å². The van der Waals surface area contributed by atoms with Crippen LogP contribution in [0.5, 0.6) is 0 Å². The molecule has 5 heteroatoms. The Morgan fingerprint density at radius 1 is 1.17 bits per heavy atom. The molecule has 1 heterocycles. The van der Waals surface area contributed by atoms with E-state index < -0.39 is 10.8 Å². The normalized spacial score (nSPS) is 13.5. The zero-order chi connectivity index (χ0) is 16.9. The molecule has 0 saturated heterocycles. The van der Waals surface area contributed by atoms with Gasteiger partial charge in [0.15, 0.2) is 4.87 Å². The van der Waals surface area contributed by atoms with Crippen molar-refractivity contribution in [1.29, 1.82) is 0 Å². The lowest BCUT2D eigenvalue weighted by Crippen LogP contribution is -2.27. The van der Waals surface area contributed by atoms with Crippen LogP contribution in [0.2, 0.25) is 0 Å². The average molecular weight is 333 g/mol. The molecule has 0 aliphatic heterocycles. The SMILES string of the molecule is CCCCCc1ccc(-c2cnc([C@@](C)(Cl)C(=O)O)cn2)cc1. The van der Waals surface area contributed by atoms with Crippen LogP contribution < -0.4 is 0 Å². The molecule has 0 radical (unpaired) electrons. The van der Waals surface area contributed by atoms with Gasteiger partial charge in [-0.05, 0) is 25.3 Å². The summed E-state index contributed by atoms with van der Waals surface area (Å²) in [6.07, 6.45) is 7.73. The fourth-order valence-corrected chi connectivity index (χ4v) is 2.35. The minimum absolute atomic E-state index is 0.228. The molecule has 2 aromatic rings. The molecule has 1 aromatic carbocycles. The number of benzene rings is 1. The van der Waals surface area contributed by atoms with Crippen molar-refractivity contribution in [3.05, 3.63) is 47.9 Å². The van der Waals surface area contributed by atoms with Crippen molar-refractivity contribution >= 4 is 17.6 Å². The minimum atomic E-state index is -1.56. The van der Waals surface area contributed by atoms with Crippen LogP contribution in [0, 0.1) is 0 Å². The van der Waals surface area contributed by atoms with E-state index in [0.717, 1.165) is 12.0 Å². The molecule has 23 heavy (non-hydrogen) atoms. The molecule has 0 aliphatic rings. The van der Waals surface area contributed by atoms with Gasteiger partial charge in [0.05, 0.1) is 23.8 Å². The minimum Gasteiger partial charge on any atom is -0.480 e. The predicted molar refractivity (Wildman–Crippen MR) is 91.5 cm³/mol. The van der Waals surface area contributed by atoms with Crippen LogP contribution in [-0.2, 0) is 16.1 Å². The first-order valence-corrected chi connectivity index (χ1v) is 8.17. The number of aryl methyl sites for hydroxylation is 1. The molecule has 1 atom stereocenters. The molecule has 0 saturated carbocycles. The predicted octanol–water partition coefficient (Wildman–Crippen LogP) is 4.41. The van der Waals surface area contributed by atoms with Crippen LogP contribution in [0.4, 0.5) is 0 Å². The highest BCUT2D eigenvalue weighted by atomic mass is 35.5. The van der Waals surface area contributed by atoms with E-state index in [9.17, 15) is 4.79 Å². The molecule has 0 bridgehead atoms. The van der Waals surface area contributed by atoms with Gasteiger partial charge in [0.1, 0.15) is 0 Å². The number of carboxylic acid groups (broad SMARTS) is 1. The van der Waals surface area contributed by atoms with E-state index in [4.69, 9.17) is 16.7 Å². The Labute approximate surface area is 141 Å². The summed E-state index contributed by atoms with van der Waals surface area (Å²) in [5.74, 6) is -1.14. The van der Waals surface area contributed by atoms with Crippen LogP contribution in [0.1, 0.15) is 44.4 Å². The van der Waals surface area contributed by atoms with Gasteiger partial charge in [0.2, 0.25) is 0 Å². The quantitative estimate of drug-likeness (QED) is 0.602. The Kier molecular flexibility index (Phi) is 5.72. The first kappa shape index (κ1) is 17.4. The van der Waals surface area contributed by atoms with Crippen molar-refractivity contribution in [1.82, 2.24) is 9.97 Å². The van der Waals surface area contributed by atoms with E-state index >= 15 is 0 Å². The lowest BCUT2D eigenvalue weighted by molar-refractivity contribution is -0.140. The van der Waals surface area contributed by atoms with Crippen molar-refractivity contribution in [2.24, 2.45) is 0 Å². The first-order valence-electron chi connectivity index (χ1n) is 7.79. The van der Waals surface area contributed by atoms with Crippen molar-refractivity contribution in [3.63, 3.8) is 0 Å². The number of rotatable bonds is 7. The number of alkyl halides is 1. The first-order chi connectivity index (χ1) is 10.9. The van der Waals surface area contributed by atoms with Crippen LogP contribution in [0.25, 0.3) is 11.3 Å². The number of carbonyl (C=O) groups is 1. The standard InChI is InChI=1S/C18H21ClN2O2/c1-3-4-5-6-13-7-9-14(10-8-13)15-11-21-16(12-20-15)18(2,19)17(22)23/h7-12H,3-6H2,1-2H3,(H,22,23)/t18-/m1/s1. The summed E-state index contributed by atoms with van der Waals surface area (Å²) in [5, 5.41) is 9.10. The number of nitrogens with zero attached hydrogens (tertiary/aromatic N) is 2. The molecule has 0 aliphatic carbocycles. The lowest BCUT2D eigenvalue weighted by atomic mass is 10.0. The van der Waals surface area contributed by atoms with E-state index in [1.807, 2.05) is 12.1 Å². The van der Waals surface area contributed by atoms with Gasteiger partial charge in [0, 0.05) is 5.56 Å². The van der Waals surface area contributed by atoms with Gasteiger partial charge in [0.25, 0.3) is 0 Å². The molecule has 122 valence electrons. The van der Waals surface area contributed by atoms with Gasteiger partial charge in [-0.2, -0.15) is 0 Å². The fraction of sp³-hybridized carbons (Fsp3) is 0.389. The van der Waals surface area contributed by atoms with Gasteiger partial charge >= 0.3 is 5.97 Å². The molecule has 1 aromatic heterocycles. The summed E-state index contributed by atoms with van der Waals surface area (Å²) in [7, 11) is 0. The second-order valence-corrected chi connectivity index (χ2v) is 6.50. The topological polar surface area (TPSA) is 63.1 Å².